The van der Waals surface area contributed by atoms with Crippen molar-refractivity contribution in [1.82, 2.24) is 0 Å². The molecule has 0 aromatic heterocycles. The first kappa shape index (κ1) is 12.7. The summed E-state index contributed by atoms with van der Waals surface area (Å²) in [6.45, 7) is 2.99. The van der Waals surface area contributed by atoms with E-state index in [1.54, 1.807) is 0 Å². The van der Waals surface area contributed by atoms with Gasteiger partial charge in [-0.05, 0) is 6.92 Å². The van der Waals surface area contributed by atoms with E-state index in [4.69, 9.17) is 15.3 Å². The normalized spacial score (nSPS) is 8.45. The molecule has 0 spiro atoms. The molecule has 0 saturated heterocycles. The van der Waals surface area contributed by atoms with Gasteiger partial charge in [-0.3, -0.25) is 0 Å². The highest BCUT2D eigenvalue weighted by Crippen LogP contribution is 1.81. The van der Waals surface area contributed by atoms with E-state index in [1.807, 2.05) is 0 Å². The molecule has 0 aliphatic rings. The Balaban J connectivity index is 0. The third-order valence-electron chi connectivity index (χ3n) is 0.576. The van der Waals surface area contributed by atoms with Gasteiger partial charge >= 0.3 is 5.97 Å². The minimum Gasteiger partial charge on any atom is -0.478 e. The van der Waals surface area contributed by atoms with E-state index >= 15 is 0 Å². The highest BCUT2D eigenvalue weighted by atomic mass is 16.7. The molecule has 0 aromatic carbocycles. The van der Waals surface area contributed by atoms with E-state index < -0.39 is 12.4 Å². The molecule has 11 heavy (non-hydrogen) atoms. The van der Waals surface area contributed by atoms with Crippen LogP contribution in [0.2, 0.25) is 0 Å². The van der Waals surface area contributed by atoms with Crippen molar-refractivity contribution in [3.8, 4) is 0 Å². The first-order chi connectivity index (χ1) is 4.91. The summed E-state index contributed by atoms with van der Waals surface area (Å²) in [6.07, 6.45) is 0. The fraction of sp³-hybridized carbons (Fsp3) is 0.500. The average Bonchev–Trinajstić information content (AvgIpc) is 1.89. The number of aliphatic hydroxyl groups is 2. The Bertz CT molecular complexity index is 117. The molecular formula is C6H12O5. The van der Waals surface area contributed by atoms with Crippen molar-refractivity contribution in [3.63, 3.8) is 0 Å². The Morgan fingerprint density at radius 2 is 1.73 bits per heavy atom. The van der Waals surface area contributed by atoms with Crippen LogP contribution in [0.1, 0.15) is 6.92 Å². The van der Waals surface area contributed by atoms with E-state index in [9.17, 15) is 4.79 Å². The van der Waals surface area contributed by atoms with Crippen LogP contribution < -0.4 is 0 Å². The van der Waals surface area contributed by atoms with Crippen molar-refractivity contribution in [2.75, 3.05) is 7.11 Å². The van der Waals surface area contributed by atoms with Gasteiger partial charge in [0.2, 0.25) is 0 Å². The van der Waals surface area contributed by atoms with E-state index in [0.717, 1.165) is 0 Å². The van der Waals surface area contributed by atoms with Crippen LogP contribution in [0.5, 0.6) is 0 Å². The Kier molecular flexibility index (Phi) is 8.34. The van der Waals surface area contributed by atoms with Gasteiger partial charge in [-0.15, -0.1) is 0 Å². The van der Waals surface area contributed by atoms with E-state index in [-0.39, 0.29) is 5.57 Å². The first-order valence-electron chi connectivity index (χ1n) is 2.69. The number of methoxy groups -OCH3 is 1. The summed E-state index contributed by atoms with van der Waals surface area (Å²) in [4.78, 5) is 9.60. The highest BCUT2D eigenvalue weighted by Gasteiger charge is 1.90. The van der Waals surface area contributed by atoms with Gasteiger partial charge in [-0.2, -0.15) is 0 Å². The van der Waals surface area contributed by atoms with E-state index in [0.29, 0.717) is 0 Å². The zero-order valence-electron chi connectivity index (χ0n) is 6.44. The van der Waals surface area contributed by atoms with Gasteiger partial charge in [0, 0.05) is 12.7 Å². The molecule has 0 rings (SSSR count). The molecule has 0 heterocycles. The maximum atomic E-state index is 9.60. The summed E-state index contributed by atoms with van der Waals surface area (Å²) in [6, 6.07) is 0. The second kappa shape index (κ2) is 7.20. The van der Waals surface area contributed by atoms with Crippen molar-refractivity contribution >= 4 is 5.97 Å². The predicted molar refractivity (Wildman–Crippen MR) is 37.7 cm³/mol. The molecule has 3 N–H and O–H groups in total. The molecule has 0 radical (unpaired) electrons. The van der Waals surface area contributed by atoms with Crippen LogP contribution in [0, 0.1) is 0 Å². The number of carboxylic acid groups (broad SMARTS) is 1. The zero-order valence-corrected chi connectivity index (χ0v) is 6.44. The van der Waals surface area contributed by atoms with Gasteiger partial charge in [-0.1, -0.05) is 6.58 Å². The monoisotopic (exact) mass is 164 g/mol. The molecule has 5 nitrogen and oxygen atoms in total. The molecular weight excluding hydrogens is 152 g/mol. The Hall–Kier alpha value is -0.910. The van der Waals surface area contributed by atoms with Crippen molar-refractivity contribution in [3.05, 3.63) is 12.2 Å². The molecule has 0 aliphatic heterocycles. The van der Waals surface area contributed by atoms with Crippen molar-refractivity contribution < 1.29 is 24.9 Å². The number of carbonyl (C=O) groups is 1. The lowest BCUT2D eigenvalue weighted by Gasteiger charge is -1.92. The first-order valence-corrected chi connectivity index (χ1v) is 2.69. The highest BCUT2D eigenvalue weighted by molar-refractivity contribution is 5.84. The number of aliphatic carboxylic acids is 1. The summed E-state index contributed by atoms with van der Waals surface area (Å²) in [7, 11) is 1.20. The number of ether oxygens (including phenoxy) is 1. The van der Waals surface area contributed by atoms with Crippen molar-refractivity contribution in [2.45, 2.75) is 13.4 Å². The third kappa shape index (κ3) is 17.6. The van der Waals surface area contributed by atoms with Crippen LogP contribution in [0.25, 0.3) is 0 Å². The van der Waals surface area contributed by atoms with E-state index in [1.165, 1.54) is 14.0 Å². The molecule has 0 atom stereocenters. The van der Waals surface area contributed by atoms with Crippen LogP contribution in [0.15, 0.2) is 12.2 Å². The van der Waals surface area contributed by atoms with Gasteiger partial charge in [-0.25, -0.2) is 4.79 Å². The topological polar surface area (TPSA) is 87.0 Å². The fourth-order valence-electron chi connectivity index (χ4n) is 0. The number of carboxylic acids is 1. The Morgan fingerprint density at radius 3 is 1.73 bits per heavy atom. The Morgan fingerprint density at radius 1 is 1.55 bits per heavy atom. The SMILES string of the molecule is C=C(C)C(=O)O.COC(O)O. The molecule has 5 heteroatoms. The largest absolute Gasteiger partial charge is 0.478 e. The second-order valence-corrected chi connectivity index (χ2v) is 1.65. The number of hydrogen-bond acceptors (Lipinski definition) is 4. The minimum atomic E-state index is -1.62. The van der Waals surface area contributed by atoms with Gasteiger partial charge in [0.05, 0.1) is 0 Å². The van der Waals surface area contributed by atoms with Crippen LogP contribution in [0.4, 0.5) is 0 Å². The lowest BCUT2D eigenvalue weighted by Crippen LogP contribution is -2.04. The second-order valence-electron chi connectivity index (χ2n) is 1.65. The van der Waals surface area contributed by atoms with Gasteiger partial charge in [0.15, 0.2) is 0 Å². The standard InChI is InChI=1S/C4H6O2.C2H6O3/c1-3(2)4(5)6;1-5-2(3)4/h1H2,2H3,(H,5,6);2-4H,1H3. The summed E-state index contributed by atoms with van der Waals surface area (Å²) >= 11 is 0. The van der Waals surface area contributed by atoms with Gasteiger partial charge in [0.25, 0.3) is 6.48 Å². The lowest BCUT2D eigenvalue weighted by atomic mass is 10.4. The molecule has 0 aromatic rings. The molecule has 0 saturated carbocycles. The maximum absolute atomic E-state index is 9.60. The fourth-order valence-corrected chi connectivity index (χ4v) is 0. The van der Waals surface area contributed by atoms with Crippen molar-refractivity contribution in [1.29, 1.82) is 0 Å². The van der Waals surface area contributed by atoms with Gasteiger partial charge in [0.1, 0.15) is 0 Å². The summed E-state index contributed by atoms with van der Waals surface area (Å²) < 4.78 is 3.86. The lowest BCUT2D eigenvalue weighted by molar-refractivity contribution is -0.218. The molecule has 0 fully saturated rings. The van der Waals surface area contributed by atoms with Crippen LogP contribution in [0.3, 0.4) is 0 Å². The van der Waals surface area contributed by atoms with Gasteiger partial charge < -0.3 is 20.1 Å². The average molecular weight is 164 g/mol. The quantitative estimate of drug-likeness (QED) is 0.380. The van der Waals surface area contributed by atoms with Crippen molar-refractivity contribution in [2.24, 2.45) is 0 Å². The number of rotatable bonds is 2. The van der Waals surface area contributed by atoms with Crippen LogP contribution in [-0.2, 0) is 9.53 Å². The summed E-state index contributed by atoms with van der Waals surface area (Å²) in [5.74, 6) is -0.935. The third-order valence-corrected chi connectivity index (χ3v) is 0.576. The Labute approximate surface area is 64.5 Å². The molecule has 0 amide bonds. The van der Waals surface area contributed by atoms with E-state index in [2.05, 4.69) is 11.3 Å². The number of hydrogen-bond donors (Lipinski definition) is 3. The molecule has 0 unspecified atom stereocenters. The van der Waals surface area contributed by atoms with Crippen LogP contribution >= 0.6 is 0 Å². The predicted octanol–water partition coefficient (Wildman–Crippen LogP) is -0.452. The number of aliphatic hydroxyl groups excluding tert-OH is 1. The smallest absolute Gasteiger partial charge is 0.330 e. The molecule has 0 aliphatic carbocycles. The zero-order chi connectivity index (χ0) is 9.44. The molecule has 66 valence electrons. The maximum Gasteiger partial charge on any atom is 0.330 e. The minimum absolute atomic E-state index is 0.176. The summed E-state index contributed by atoms with van der Waals surface area (Å²) in [5.41, 5.74) is 0.176. The molecule has 0 bridgehead atoms. The summed E-state index contributed by atoms with van der Waals surface area (Å²) in [5, 5.41) is 23.3. The van der Waals surface area contributed by atoms with Crippen LogP contribution in [-0.4, -0.2) is 34.9 Å².